The molecule has 78 valence electrons. The third-order valence-corrected chi connectivity index (χ3v) is 3.59. The second kappa shape index (κ2) is 2.99. The van der Waals surface area contributed by atoms with Gasteiger partial charge in [0.05, 0.1) is 0 Å². The van der Waals surface area contributed by atoms with Crippen molar-refractivity contribution in [3.05, 3.63) is 33.0 Å². The number of aryl methyl sites for hydroxylation is 2. The fourth-order valence-electron chi connectivity index (χ4n) is 2.37. The number of benzene rings is 1. The second-order valence-corrected chi connectivity index (χ2v) is 4.33. The summed E-state index contributed by atoms with van der Waals surface area (Å²) in [6.45, 7) is 16.8. The fraction of sp³-hybridized carbons (Fsp3) is 0.286. The van der Waals surface area contributed by atoms with Gasteiger partial charge in [0.25, 0.3) is 0 Å². The van der Waals surface area contributed by atoms with E-state index in [1.807, 2.05) is 0 Å². The Bertz CT molecular complexity index is 588. The molecule has 1 aromatic carbocycles. The molecule has 0 radical (unpaired) electrons. The summed E-state index contributed by atoms with van der Waals surface area (Å²) in [6.07, 6.45) is 0. The number of hydrogen-bond donors (Lipinski definition) is 1. The highest BCUT2D eigenvalue weighted by molar-refractivity contribution is 5.91. The van der Waals surface area contributed by atoms with Crippen LogP contribution in [-0.4, -0.2) is 4.98 Å². The monoisotopic (exact) mass is 199 g/mol. The summed E-state index contributed by atoms with van der Waals surface area (Å²) in [5.74, 6) is 0. The topological polar surface area (TPSA) is 15.8 Å². The molecule has 1 nitrogen and oxygen atoms in total. The Morgan fingerprint density at radius 1 is 0.667 bits per heavy atom. The molecule has 0 aliphatic carbocycles. The molecule has 0 saturated carbocycles. The number of aromatic amines is 1. The van der Waals surface area contributed by atoms with Gasteiger partial charge in [-0.2, -0.15) is 0 Å². The highest BCUT2D eigenvalue weighted by Crippen LogP contribution is 2.24. The van der Waals surface area contributed by atoms with Crippen molar-refractivity contribution in [2.75, 3.05) is 0 Å². The average molecular weight is 199 g/mol. The van der Waals surface area contributed by atoms with E-state index < -0.39 is 0 Å². The van der Waals surface area contributed by atoms with Crippen molar-refractivity contribution in [3.8, 4) is 0 Å². The molecule has 0 aliphatic heterocycles. The van der Waals surface area contributed by atoms with Crippen LogP contribution in [0.5, 0.6) is 0 Å². The molecule has 0 amide bonds. The van der Waals surface area contributed by atoms with Gasteiger partial charge in [-0.05, 0) is 49.9 Å². The zero-order chi connectivity index (χ0) is 11.3. The molecule has 0 unspecified atom stereocenters. The maximum absolute atomic E-state index is 4.05. The van der Waals surface area contributed by atoms with Gasteiger partial charge in [-0.25, -0.2) is 0 Å². The van der Waals surface area contributed by atoms with Crippen molar-refractivity contribution in [1.82, 2.24) is 4.98 Å². The van der Waals surface area contributed by atoms with Crippen molar-refractivity contribution >= 4 is 23.9 Å². The molecule has 0 bridgehead atoms. The molecule has 1 aromatic heterocycles. The quantitative estimate of drug-likeness (QED) is 0.669. The third-order valence-electron chi connectivity index (χ3n) is 3.59. The molecule has 1 N–H and O–H groups in total. The minimum atomic E-state index is 0.985. The number of aromatic nitrogens is 1. The Hall–Kier alpha value is -1.50. The molecular weight excluding hydrogens is 182 g/mol. The van der Waals surface area contributed by atoms with E-state index in [-0.39, 0.29) is 0 Å². The molecule has 15 heavy (non-hydrogen) atoms. The van der Waals surface area contributed by atoms with Crippen LogP contribution >= 0.6 is 0 Å². The lowest BCUT2D eigenvalue weighted by atomic mass is 9.93. The van der Waals surface area contributed by atoms with E-state index >= 15 is 0 Å². The molecule has 0 aliphatic rings. The van der Waals surface area contributed by atoms with Crippen LogP contribution in [0.1, 0.15) is 22.3 Å². The zero-order valence-corrected chi connectivity index (χ0v) is 9.91. The molecule has 0 fully saturated rings. The van der Waals surface area contributed by atoms with Crippen LogP contribution in [-0.2, 0) is 0 Å². The number of nitrogens with one attached hydrogen (secondary N) is 1. The van der Waals surface area contributed by atoms with Crippen molar-refractivity contribution in [2.45, 2.75) is 27.7 Å². The zero-order valence-electron chi connectivity index (χ0n) is 9.91. The SMILES string of the molecule is C=c1[nH]c(=C)c2c(C)c(C)c(C)c(C)c12. The van der Waals surface area contributed by atoms with Crippen LogP contribution in [0.3, 0.4) is 0 Å². The molecule has 0 saturated heterocycles. The van der Waals surface area contributed by atoms with E-state index in [1.54, 1.807) is 0 Å². The Morgan fingerprint density at radius 2 is 1.00 bits per heavy atom. The smallest absolute Gasteiger partial charge is 0.0394 e. The van der Waals surface area contributed by atoms with Gasteiger partial charge in [0.2, 0.25) is 0 Å². The largest absolute Gasteiger partial charge is 0.355 e. The van der Waals surface area contributed by atoms with E-state index in [0.717, 1.165) is 10.7 Å². The second-order valence-electron chi connectivity index (χ2n) is 4.33. The van der Waals surface area contributed by atoms with Crippen molar-refractivity contribution in [1.29, 1.82) is 0 Å². The minimum absolute atomic E-state index is 0.985. The van der Waals surface area contributed by atoms with Gasteiger partial charge in [-0.15, -0.1) is 0 Å². The predicted octanol–water partition coefficient (Wildman–Crippen LogP) is 2.22. The summed E-state index contributed by atoms with van der Waals surface area (Å²) in [7, 11) is 0. The van der Waals surface area contributed by atoms with Gasteiger partial charge in [0.15, 0.2) is 0 Å². The molecular formula is C14H17N. The maximum atomic E-state index is 4.05. The molecule has 0 spiro atoms. The normalized spacial score (nSPS) is 11.2. The Balaban J connectivity index is 3.25. The van der Waals surface area contributed by atoms with Crippen LogP contribution < -0.4 is 10.7 Å². The van der Waals surface area contributed by atoms with Gasteiger partial charge in [0, 0.05) is 21.5 Å². The summed E-state index contributed by atoms with van der Waals surface area (Å²) in [5.41, 5.74) is 5.38. The number of rotatable bonds is 0. The van der Waals surface area contributed by atoms with Crippen LogP contribution in [0.4, 0.5) is 0 Å². The highest BCUT2D eigenvalue weighted by atomic mass is 14.7. The highest BCUT2D eigenvalue weighted by Gasteiger charge is 2.11. The summed E-state index contributed by atoms with van der Waals surface area (Å²) in [5, 5.41) is 4.47. The van der Waals surface area contributed by atoms with Crippen LogP contribution in [0.15, 0.2) is 0 Å². The average Bonchev–Trinajstić information content (AvgIpc) is 2.47. The van der Waals surface area contributed by atoms with E-state index in [4.69, 9.17) is 0 Å². The number of H-pyrrole nitrogens is 1. The Kier molecular flexibility index (Phi) is 2.00. The van der Waals surface area contributed by atoms with Crippen molar-refractivity contribution < 1.29 is 0 Å². The van der Waals surface area contributed by atoms with E-state index in [0.29, 0.717) is 0 Å². The summed E-state index contributed by atoms with van der Waals surface area (Å²) < 4.78 is 0. The first-order chi connectivity index (χ1) is 6.95. The minimum Gasteiger partial charge on any atom is -0.355 e. The predicted molar refractivity (Wildman–Crippen MR) is 67.5 cm³/mol. The van der Waals surface area contributed by atoms with Crippen LogP contribution in [0, 0.1) is 27.7 Å². The summed E-state index contributed by atoms with van der Waals surface area (Å²) >= 11 is 0. The first-order valence-corrected chi connectivity index (χ1v) is 5.21. The molecule has 1 heteroatoms. The van der Waals surface area contributed by atoms with E-state index in [9.17, 15) is 0 Å². The van der Waals surface area contributed by atoms with Crippen LogP contribution in [0.2, 0.25) is 0 Å². The first kappa shape index (κ1) is 10.0. The van der Waals surface area contributed by atoms with E-state index in [1.165, 1.54) is 33.0 Å². The first-order valence-electron chi connectivity index (χ1n) is 5.21. The number of hydrogen-bond acceptors (Lipinski definition) is 0. The Morgan fingerprint density at radius 3 is 1.33 bits per heavy atom. The summed E-state index contributed by atoms with van der Waals surface area (Å²) in [4.78, 5) is 3.23. The van der Waals surface area contributed by atoms with Gasteiger partial charge < -0.3 is 4.98 Å². The van der Waals surface area contributed by atoms with Gasteiger partial charge >= 0.3 is 0 Å². The lowest BCUT2D eigenvalue weighted by molar-refractivity contribution is 1.25. The number of fused-ring (bicyclic) bond motifs is 1. The fourth-order valence-corrected chi connectivity index (χ4v) is 2.37. The maximum Gasteiger partial charge on any atom is 0.0394 e. The third kappa shape index (κ3) is 1.16. The van der Waals surface area contributed by atoms with Gasteiger partial charge in [-0.1, -0.05) is 13.2 Å². The van der Waals surface area contributed by atoms with Crippen molar-refractivity contribution in [2.24, 2.45) is 0 Å². The van der Waals surface area contributed by atoms with Crippen molar-refractivity contribution in [3.63, 3.8) is 0 Å². The van der Waals surface area contributed by atoms with Gasteiger partial charge in [-0.3, -0.25) is 0 Å². The van der Waals surface area contributed by atoms with Crippen LogP contribution in [0.25, 0.3) is 23.9 Å². The standard InChI is InChI=1S/C14H17N/c1-7-8(2)10(4)14-12(6)15-11(5)13(14)9(7)3/h15H,5-6H2,1-4H3. The summed E-state index contributed by atoms with van der Waals surface area (Å²) in [6, 6.07) is 0. The lowest BCUT2D eigenvalue weighted by Crippen LogP contribution is -2.05. The molecule has 1 heterocycles. The molecule has 2 rings (SSSR count). The molecule has 2 aromatic rings. The lowest BCUT2D eigenvalue weighted by Gasteiger charge is -2.10. The Labute approximate surface area is 90.1 Å². The molecule has 0 atom stereocenters. The van der Waals surface area contributed by atoms with E-state index in [2.05, 4.69) is 45.8 Å². The van der Waals surface area contributed by atoms with Gasteiger partial charge in [0.1, 0.15) is 0 Å².